The lowest BCUT2D eigenvalue weighted by Gasteiger charge is -2.14. The number of hydrogen-bond acceptors (Lipinski definition) is 5. The number of aromatic carboxylic acids is 1. The Labute approximate surface area is 142 Å². The van der Waals surface area contributed by atoms with Crippen LogP contribution in [-0.4, -0.2) is 50.8 Å². The summed E-state index contributed by atoms with van der Waals surface area (Å²) >= 11 is 0. The van der Waals surface area contributed by atoms with E-state index in [4.69, 9.17) is 15.3 Å². The molecule has 8 heteroatoms. The molecule has 0 saturated carbocycles. The summed E-state index contributed by atoms with van der Waals surface area (Å²) in [4.78, 5) is 37.7. The number of benzene rings is 1. The Bertz CT molecular complexity index is 788. The van der Waals surface area contributed by atoms with Crippen LogP contribution >= 0.6 is 0 Å². The Morgan fingerprint density at radius 3 is 2.24 bits per heavy atom. The molecule has 0 fully saturated rings. The van der Waals surface area contributed by atoms with Crippen molar-refractivity contribution in [1.29, 1.82) is 0 Å². The molecule has 2 rings (SSSR count). The molecule has 4 N–H and O–H groups in total. The molecule has 0 radical (unpaired) electrons. The van der Waals surface area contributed by atoms with E-state index in [1.807, 2.05) is 0 Å². The van der Waals surface area contributed by atoms with Gasteiger partial charge in [0, 0.05) is 18.0 Å². The SMILES string of the molecule is O=C(O)C[C@@H](CO)NC(=O)c1cncc(-c2ccc(C(=O)O)cc2)c1. The molecule has 1 aromatic heterocycles. The van der Waals surface area contributed by atoms with E-state index in [-0.39, 0.29) is 11.1 Å². The first-order valence-corrected chi connectivity index (χ1v) is 7.33. The van der Waals surface area contributed by atoms with Crippen LogP contribution in [0.5, 0.6) is 0 Å². The number of aliphatic carboxylic acids is 1. The Hall–Kier alpha value is -3.26. The second-order valence-electron chi connectivity index (χ2n) is 5.30. The number of carbonyl (C=O) groups excluding carboxylic acids is 1. The molecule has 1 atom stereocenters. The van der Waals surface area contributed by atoms with Gasteiger partial charge < -0.3 is 20.6 Å². The number of carboxylic acids is 2. The maximum absolute atomic E-state index is 12.2. The number of carboxylic acid groups (broad SMARTS) is 2. The summed E-state index contributed by atoms with van der Waals surface area (Å²) < 4.78 is 0. The molecule has 0 aliphatic carbocycles. The van der Waals surface area contributed by atoms with Crippen molar-refractivity contribution in [3.05, 3.63) is 53.9 Å². The highest BCUT2D eigenvalue weighted by Crippen LogP contribution is 2.20. The maximum Gasteiger partial charge on any atom is 0.335 e. The van der Waals surface area contributed by atoms with Crippen LogP contribution < -0.4 is 5.32 Å². The Morgan fingerprint density at radius 1 is 1.00 bits per heavy atom. The Balaban J connectivity index is 2.18. The van der Waals surface area contributed by atoms with Crippen molar-refractivity contribution in [2.24, 2.45) is 0 Å². The number of aliphatic hydroxyl groups is 1. The third-order valence-corrected chi connectivity index (χ3v) is 3.44. The van der Waals surface area contributed by atoms with Gasteiger partial charge >= 0.3 is 11.9 Å². The molecular weight excluding hydrogens is 328 g/mol. The van der Waals surface area contributed by atoms with E-state index in [0.29, 0.717) is 11.1 Å². The number of aliphatic hydroxyl groups excluding tert-OH is 1. The summed E-state index contributed by atoms with van der Waals surface area (Å²) in [7, 11) is 0. The minimum absolute atomic E-state index is 0.144. The summed E-state index contributed by atoms with van der Waals surface area (Å²) in [6, 6.07) is 6.74. The van der Waals surface area contributed by atoms with Crippen LogP contribution in [0, 0.1) is 0 Å². The number of pyridine rings is 1. The zero-order valence-electron chi connectivity index (χ0n) is 13.0. The Morgan fingerprint density at radius 2 is 1.68 bits per heavy atom. The van der Waals surface area contributed by atoms with Crippen LogP contribution in [0.3, 0.4) is 0 Å². The molecule has 0 unspecified atom stereocenters. The highest BCUT2D eigenvalue weighted by atomic mass is 16.4. The quantitative estimate of drug-likeness (QED) is 0.588. The van der Waals surface area contributed by atoms with Gasteiger partial charge in [0.15, 0.2) is 0 Å². The molecule has 2 aromatic rings. The zero-order valence-corrected chi connectivity index (χ0v) is 13.0. The van der Waals surface area contributed by atoms with Gasteiger partial charge in [-0.05, 0) is 23.8 Å². The number of amides is 1. The third kappa shape index (κ3) is 4.85. The smallest absolute Gasteiger partial charge is 0.335 e. The van der Waals surface area contributed by atoms with E-state index in [1.165, 1.54) is 24.5 Å². The number of hydrogen-bond donors (Lipinski definition) is 4. The van der Waals surface area contributed by atoms with Crippen molar-refractivity contribution in [3.63, 3.8) is 0 Å². The largest absolute Gasteiger partial charge is 0.481 e. The summed E-state index contributed by atoms with van der Waals surface area (Å²) in [6.45, 7) is -0.498. The molecule has 0 bridgehead atoms. The van der Waals surface area contributed by atoms with Crippen LogP contribution in [0.15, 0.2) is 42.7 Å². The number of rotatable bonds is 7. The topological polar surface area (TPSA) is 137 Å². The molecule has 1 aromatic carbocycles. The van der Waals surface area contributed by atoms with Gasteiger partial charge in [0.05, 0.1) is 30.2 Å². The van der Waals surface area contributed by atoms with Crippen LogP contribution in [0.2, 0.25) is 0 Å². The van der Waals surface area contributed by atoms with E-state index >= 15 is 0 Å². The minimum atomic E-state index is -1.13. The summed E-state index contributed by atoms with van der Waals surface area (Å²) in [6.07, 6.45) is 2.44. The van der Waals surface area contributed by atoms with E-state index in [9.17, 15) is 14.4 Å². The van der Waals surface area contributed by atoms with Crippen molar-refractivity contribution in [2.45, 2.75) is 12.5 Å². The molecule has 8 nitrogen and oxygen atoms in total. The molecule has 1 heterocycles. The molecule has 0 saturated heterocycles. The van der Waals surface area contributed by atoms with Crippen molar-refractivity contribution < 1.29 is 29.7 Å². The van der Waals surface area contributed by atoms with Gasteiger partial charge in [-0.1, -0.05) is 12.1 Å². The van der Waals surface area contributed by atoms with Crippen molar-refractivity contribution >= 4 is 17.8 Å². The molecule has 130 valence electrons. The fraction of sp³-hybridized carbons (Fsp3) is 0.176. The summed E-state index contributed by atoms with van der Waals surface area (Å²) in [5.41, 5.74) is 1.62. The van der Waals surface area contributed by atoms with Gasteiger partial charge in [0.2, 0.25) is 0 Å². The second-order valence-corrected chi connectivity index (χ2v) is 5.30. The van der Waals surface area contributed by atoms with Crippen molar-refractivity contribution in [3.8, 4) is 11.1 Å². The molecule has 0 aliphatic heterocycles. The lowest BCUT2D eigenvalue weighted by Crippen LogP contribution is -2.39. The van der Waals surface area contributed by atoms with Gasteiger partial charge in [-0.25, -0.2) is 4.79 Å². The average molecular weight is 344 g/mol. The highest BCUT2D eigenvalue weighted by molar-refractivity contribution is 5.95. The van der Waals surface area contributed by atoms with Crippen molar-refractivity contribution in [2.75, 3.05) is 6.61 Å². The van der Waals surface area contributed by atoms with Crippen molar-refractivity contribution in [1.82, 2.24) is 10.3 Å². The number of nitrogens with one attached hydrogen (secondary N) is 1. The van der Waals surface area contributed by atoms with Gasteiger partial charge in [-0.15, -0.1) is 0 Å². The van der Waals surface area contributed by atoms with Gasteiger partial charge in [-0.2, -0.15) is 0 Å². The van der Waals surface area contributed by atoms with Crippen LogP contribution in [0.4, 0.5) is 0 Å². The first kappa shape index (κ1) is 18.1. The predicted octanol–water partition coefficient (Wildman–Crippen LogP) is 1.01. The van der Waals surface area contributed by atoms with E-state index in [1.54, 1.807) is 18.2 Å². The van der Waals surface area contributed by atoms with Gasteiger partial charge in [0.1, 0.15) is 0 Å². The van der Waals surface area contributed by atoms with Gasteiger partial charge in [-0.3, -0.25) is 14.6 Å². The highest BCUT2D eigenvalue weighted by Gasteiger charge is 2.17. The summed E-state index contributed by atoms with van der Waals surface area (Å²) in [5, 5.41) is 29.2. The lowest BCUT2D eigenvalue weighted by molar-refractivity contribution is -0.137. The third-order valence-electron chi connectivity index (χ3n) is 3.44. The normalized spacial score (nSPS) is 11.6. The standard InChI is InChI=1S/C17H16N2O6/c20-9-14(6-15(21)22)19-16(23)13-5-12(7-18-8-13)10-1-3-11(4-2-10)17(24)25/h1-5,7-8,14,20H,6,9H2,(H,19,23)(H,21,22)(H,24,25)/t14-/m0/s1. The lowest BCUT2D eigenvalue weighted by atomic mass is 10.0. The minimum Gasteiger partial charge on any atom is -0.481 e. The maximum atomic E-state index is 12.2. The van der Waals surface area contributed by atoms with E-state index in [2.05, 4.69) is 10.3 Å². The van der Waals surface area contributed by atoms with Gasteiger partial charge in [0.25, 0.3) is 5.91 Å². The molecule has 0 spiro atoms. The van der Waals surface area contributed by atoms with Crippen LogP contribution in [0.1, 0.15) is 27.1 Å². The first-order valence-electron chi connectivity index (χ1n) is 7.33. The fourth-order valence-corrected chi connectivity index (χ4v) is 2.17. The molecule has 0 aliphatic rings. The second kappa shape index (κ2) is 8.02. The molecule has 25 heavy (non-hydrogen) atoms. The monoisotopic (exact) mass is 344 g/mol. The number of carbonyl (C=O) groups is 3. The van der Waals surface area contributed by atoms with E-state index in [0.717, 1.165) is 0 Å². The van der Waals surface area contributed by atoms with Crippen LogP contribution in [-0.2, 0) is 4.79 Å². The molecule has 1 amide bonds. The molecular formula is C17H16N2O6. The van der Waals surface area contributed by atoms with Crippen LogP contribution in [0.25, 0.3) is 11.1 Å². The summed E-state index contributed by atoms with van der Waals surface area (Å²) in [5.74, 6) is -2.73. The Kier molecular flexibility index (Phi) is 5.80. The number of nitrogens with zero attached hydrogens (tertiary/aromatic N) is 1. The van der Waals surface area contributed by atoms with E-state index < -0.39 is 36.9 Å². The average Bonchev–Trinajstić information content (AvgIpc) is 2.60. The predicted molar refractivity (Wildman–Crippen MR) is 87.2 cm³/mol. The zero-order chi connectivity index (χ0) is 18.4. The number of aromatic nitrogens is 1. The fourth-order valence-electron chi connectivity index (χ4n) is 2.17. The first-order chi connectivity index (χ1) is 11.9.